The van der Waals surface area contributed by atoms with Crippen molar-refractivity contribution in [3.63, 3.8) is 0 Å². The Morgan fingerprint density at radius 2 is 2.10 bits per heavy atom. The first-order valence-corrected chi connectivity index (χ1v) is 6.34. The zero-order chi connectivity index (χ0) is 15.4. The second-order valence-electron chi connectivity index (χ2n) is 4.22. The van der Waals surface area contributed by atoms with Gasteiger partial charge in [-0.05, 0) is 35.9 Å². The van der Waals surface area contributed by atoms with Gasteiger partial charge in [0, 0.05) is 11.2 Å². The molecule has 1 heterocycles. The quantitative estimate of drug-likeness (QED) is 0.907. The molecule has 21 heavy (non-hydrogen) atoms. The molecule has 0 fully saturated rings. The highest BCUT2D eigenvalue weighted by Crippen LogP contribution is 2.17. The largest absolute Gasteiger partial charge is 0.364 e. The third-order valence-corrected chi connectivity index (χ3v) is 2.91. The van der Waals surface area contributed by atoms with Gasteiger partial charge in [0.05, 0.1) is 12.1 Å². The molecule has 0 saturated heterocycles. The topological polar surface area (TPSA) is 85.1 Å². The summed E-state index contributed by atoms with van der Waals surface area (Å²) in [5.74, 6) is -1.80. The van der Waals surface area contributed by atoms with E-state index in [2.05, 4.69) is 10.3 Å². The minimum Gasteiger partial charge on any atom is -0.364 e. The van der Waals surface area contributed by atoms with Crippen LogP contribution in [0.3, 0.4) is 0 Å². The average Bonchev–Trinajstić information content (AvgIpc) is 2.43. The number of hydrogen-bond donors (Lipinski definition) is 2. The molecule has 1 aromatic carbocycles. The SMILES string of the molecule is NC(=O)c1ncccc1NC(=O)Cc1cc(Cl)ccc1F. The number of nitrogens with two attached hydrogens (primary N) is 1. The summed E-state index contributed by atoms with van der Waals surface area (Å²) in [5, 5.41) is 2.81. The van der Waals surface area contributed by atoms with E-state index < -0.39 is 17.6 Å². The Morgan fingerprint density at radius 3 is 2.81 bits per heavy atom. The van der Waals surface area contributed by atoms with Gasteiger partial charge >= 0.3 is 0 Å². The van der Waals surface area contributed by atoms with Crippen LogP contribution in [0.25, 0.3) is 0 Å². The highest BCUT2D eigenvalue weighted by atomic mass is 35.5. The van der Waals surface area contributed by atoms with Crippen LogP contribution in [0.4, 0.5) is 10.1 Å². The van der Waals surface area contributed by atoms with Crippen molar-refractivity contribution < 1.29 is 14.0 Å². The zero-order valence-electron chi connectivity index (χ0n) is 10.8. The normalized spacial score (nSPS) is 10.2. The molecule has 2 aromatic rings. The summed E-state index contributed by atoms with van der Waals surface area (Å²) in [7, 11) is 0. The number of nitrogens with one attached hydrogen (secondary N) is 1. The van der Waals surface area contributed by atoms with Gasteiger partial charge in [0.2, 0.25) is 5.91 Å². The van der Waals surface area contributed by atoms with Gasteiger partial charge < -0.3 is 11.1 Å². The van der Waals surface area contributed by atoms with Crippen LogP contribution >= 0.6 is 11.6 Å². The van der Waals surface area contributed by atoms with Crippen LogP contribution in [0.2, 0.25) is 5.02 Å². The van der Waals surface area contributed by atoms with Crippen LogP contribution in [0.15, 0.2) is 36.5 Å². The van der Waals surface area contributed by atoms with Crippen LogP contribution < -0.4 is 11.1 Å². The fourth-order valence-corrected chi connectivity index (χ4v) is 1.94. The molecule has 0 spiro atoms. The molecular weight excluding hydrogens is 297 g/mol. The predicted molar refractivity (Wildman–Crippen MR) is 76.5 cm³/mol. The molecule has 3 N–H and O–H groups in total. The van der Waals surface area contributed by atoms with E-state index in [0.29, 0.717) is 5.02 Å². The Morgan fingerprint density at radius 1 is 1.33 bits per heavy atom. The maximum atomic E-state index is 13.6. The summed E-state index contributed by atoms with van der Waals surface area (Å²) in [6.07, 6.45) is 1.16. The van der Waals surface area contributed by atoms with Crippen molar-refractivity contribution in [3.05, 3.63) is 58.6 Å². The van der Waals surface area contributed by atoms with E-state index in [-0.39, 0.29) is 23.4 Å². The summed E-state index contributed by atoms with van der Waals surface area (Å²) in [6, 6.07) is 6.98. The van der Waals surface area contributed by atoms with Crippen LogP contribution in [0.1, 0.15) is 16.1 Å². The number of amides is 2. The van der Waals surface area contributed by atoms with Gasteiger partial charge in [-0.15, -0.1) is 0 Å². The third kappa shape index (κ3) is 3.76. The maximum absolute atomic E-state index is 13.6. The van der Waals surface area contributed by atoms with Gasteiger partial charge in [-0.2, -0.15) is 0 Å². The number of carbonyl (C=O) groups excluding carboxylic acids is 2. The first-order valence-electron chi connectivity index (χ1n) is 5.96. The Balaban J connectivity index is 2.16. The molecule has 1 aromatic heterocycles. The molecule has 0 saturated carbocycles. The highest BCUT2D eigenvalue weighted by molar-refractivity contribution is 6.30. The van der Waals surface area contributed by atoms with E-state index in [4.69, 9.17) is 17.3 Å². The van der Waals surface area contributed by atoms with Crippen LogP contribution in [0, 0.1) is 5.82 Å². The number of primary amides is 1. The number of rotatable bonds is 4. The number of anilines is 1. The fraction of sp³-hybridized carbons (Fsp3) is 0.0714. The first kappa shape index (κ1) is 14.9. The molecule has 0 unspecified atom stereocenters. The molecule has 108 valence electrons. The van der Waals surface area contributed by atoms with Gasteiger partial charge in [-0.1, -0.05) is 11.6 Å². The Bertz CT molecular complexity index is 706. The van der Waals surface area contributed by atoms with Crippen molar-refractivity contribution in [2.75, 3.05) is 5.32 Å². The van der Waals surface area contributed by atoms with Crippen molar-refractivity contribution in [2.45, 2.75) is 6.42 Å². The number of hydrogen-bond acceptors (Lipinski definition) is 3. The molecule has 0 bridgehead atoms. The Hall–Kier alpha value is -2.47. The number of carbonyl (C=O) groups is 2. The smallest absolute Gasteiger partial charge is 0.269 e. The second kappa shape index (κ2) is 6.32. The lowest BCUT2D eigenvalue weighted by molar-refractivity contribution is -0.115. The Labute approximate surface area is 124 Å². The van der Waals surface area contributed by atoms with E-state index in [1.54, 1.807) is 6.07 Å². The van der Waals surface area contributed by atoms with Crippen LogP contribution in [0.5, 0.6) is 0 Å². The van der Waals surface area contributed by atoms with Crippen molar-refractivity contribution in [1.29, 1.82) is 0 Å². The predicted octanol–water partition coefficient (Wildman–Crippen LogP) is 2.15. The van der Waals surface area contributed by atoms with Gasteiger partial charge in [-0.25, -0.2) is 9.37 Å². The summed E-state index contributed by atoms with van der Waals surface area (Å²) in [4.78, 5) is 26.9. The van der Waals surface area contributed by atoms with Crippen LogP contribution in [-0.4, -0.2) is 16.8 Å². The molecule has 0 aliphatic rings. The summed E-state index contributed by atoms with van der Waals surface area (Å²) >= 11 is 5.76. The monoisotopic (exact) mass is 307 g/mol. The van der Waals surface area contributed by atoms with Gasteiger partial charge in [0.15, 0.2) is 5.69 Å². The fourth-order valence-electron chi connectivity index (χ4n) is 1.75. The van der Waals surface area contributed by atoms with Crippen molar-refractivity contribution in [3.8, 4) is 0 Å². The molecule has 0 atom stereocenters. The molecule has 2 rings (SSSR count). The van der Waals surface area contributed by atoms with Gasteiger partial charge in [-0.3, -0.25) is 9.59 Å². The molecular formula is C14H11ClFN3O2. The number of aromatic nitrogens is 1. The maximum Gasteiger partial charge on any atom is 0.269 e. The number of pyridine rings is 1. The number of benzene rings is 1. The third-order valence-electron chi connectivity index (χ3n) is 2.67. The first-order chi connectivity index (χ1) is 9.97. The molecule has 2 amide bonds. The molecule has 5 nitrogen and oxygen atoms in total. The molecule has 0 radical (unpaired) electrons. The molecule has 0 aliphatic heterocycles. The minimum absolute atomic E-state index is 0.0579. The van der Waals surface area contributed by atoms with Gasteiger partial charge in [0.25, 0.3) is 5.91 Å². The summed E-state index contributed by atoms with van der Waals surface area (Å²) in [5.41, 5.74) is 5.43. The summed E-state index contributed by atoms with van der Waals surface area (Å²) in [6.45, 7) is 0. The molecule has 7 heteroatoms. The van der Waals surface area contributed by atoms with E-state index in [1.165, 1.54) is 30.5 Å². The lowest BCUT2D eigenvalue weighted by atomic mass is 10.1. The van der Waals surface area contributed by atoms with Crippen molar-refractivity contribution in [1.82, 2.24) is 4.98 Å². The standard InChI is InChI=1S/C14H11ClFN3O2/c15-9-3-4-10(16)8(6-9)7-12(20)19-11-2-1-5-18-13(11)14(17)21/h1-6H,7H2,(H2,17,21)(H,19,20). The minimum atomic E-state index is -0.764. The van der Waals surface area contributed by atoms with Gasteiger partial charge in [0.1, 0.15) is 5.82 Å². The Kier molecular flexibility index (Phi) is 4.49. The van der Waals surface area contributed by atoms with E-state index >= 15 is 0 Å². The zero-order valence-corrected chi connectivity index (χ0v) is 11.5. The summed E-state index contributed by atoms with van der Waals surface area (Å²) < 4.78 is 13.6. The second-order valence-corrected chi connectivity index (χ2v) is 4.66. The number of halogens is 2. The molecule has 0 aliphatic carbocycles. The van der Waals surface area contributed by atoms with Crippen molar-refractivity contribution in [2.24, 2.45) is 5.73 Å². The van der Waals surface area contributed by atoms with E-state index in [9.17, 15) is 14.0 Å². The van der Waals surface area contributed by atoms with E-state index in [0.717, 1.165) is 0 Å². The number of nitrogens with zero attached hydrogens (tertiary/aromatic N) is 1. The van der Waals surface area contributed by atoms with E-state index in [1.807, 2.05) is 0 Å². The van der Waals surface area contributed by atoms with Crippen molar-refractivity contribution >= 4 is 29.1 Å². The lowest BCUT2D eigenvalue weighted by Crippen LogP contribution is -2.20. The average molecular weight is 308 g/mol. The lowest BCUT2D eigenvalue weighted by Gasteiger charge is -2.08. The highest BCUT2D eigenvalue weighted by Gasteiger charge is 2.14. The van der Waals surface area contributed by atoms with Crippen LogP contribution in [-0.2, 0) is 11.2 Å².